The molecule has 14 heavy (non-hydrogen) atoms. The molecule has 0 bridgehead atoms. The molecule has 5 N–H and O–H groups in total. The monoisotopic (exact) mass is 259 g/mol. The summed E-state index contributed by atoms with van der Waals surface area (Å²) in [5.41, 5.74) is 4.69. The minimum absolute atomic E-state index is 0. The first-order valence-electron chi connectivity index (χ1n) is 2.68. The van der Waals surface area contributed by atoms with E-state index in [0.29, 0.717) is 0 Å². The summed E-state index contributed by atoms with van der Waals surface area (Å²) in [5.74, 6) is -1.32. The molecule has 9 nitrogen and oxygen atoms in total. The maximum absolute atomic E-state index is 10.5. The Bertz CT molecular complexity index is 285. The van der Waals surface area contributed by atoms with Crippen molar-refractivity contribution in [2.45, 2.75) is 0 Å². The van der Waals surface area contributed by atoms with E-state index in [1.165, 1.54) is 0 Å². The summed E-state index contributed by atoms with van der Waals surface area (Å²) in [6, 6.07) is 0. The zero-order valence-corrected chi connectivity index (χ0v) is 7.85. The van der Waals surface area contributed by atoms with Crippen LogP contribution in [0.25, 0.3) is 0 Å². The summed E-state index contributed by atoms with van der Waals surface area (Å²) in [6.07, 6.45) is 0. The molecule has 0 amide bonds. The van der Waals surface area contributed by atoms with E-state index in [4.69, 9.17) is 14.7 Å². The van der Waals surface area contributed by atoms with Crippen LogP contribution >= 0.6 is 15.6 Å². The van der Waals surface area contributed by atoms with Crippen LogP contribution in [0.4, 0.5) is 0 Å². The second-order valence-corrected chi connectivity index (χ2v) is 4.46. The van der Waals surface area contributed by atoms with Gasteiger partial charge in [0.15, 0.2) is 0 Å². The van der Waals surface area contributed by atoms with E-state index in [0.717, 1.165) is 0 Å². The van der Waals surface area contributed by atoms with Gasteiger partial charge in [0.1, 0.15) is 0 Å². The molecule has 0 aromatic rings. The SMILES string of the molecule is NCC(=O)OP(=O)(O)OP(=O)(O)O.[NaH]. The Morgan fingerprint density at radius 3 is 2.00 bits per heavy atom. The van der Waals surface area contributed by atoms with Crippen molar-refractivity contribution in [2.24, 2.45) is 5.73 Å². The van der Waals surface area contributed by atoms with Crippen LogP contribution in [0, 0.1) is 0 Å². The summed E-state index contributed by atoms with van der Waals surface area (Å²) < 4.78 is 27.4. The Labute approximate surface area is 101 Å². The summed E-state index contributed by atoms with van der Waals surface area (Å²) in [7, 11) is -10.3. The van der Waals surface area contributed by atoms with Crippen LogP contribution in [0.15, 0.2) is 0 Å². The average molecular weight is 259 g/mol. The Hall–Kier alpha value is 0.730. The van der Waals surface area contributed by atoms with Crippen molar-refractivity contribution in [3.8, 4) is 0 Å². The molecule has 0 aliphatic carbocycles. The number of carbonyl (C=O) groups is 1. The molecule has 0 fully saturated rings. The van der Waals surface area contributed by atoms with Crippen molar-refractivity contribution in [1.82, 2.24) is 0 Å². The van der Waals surface area contributed by atoms with E-state index in [1.807, 2.05) is 0 Å². The van der Waals surface area contributed by atoms with Crippen LogP contribution in [0.1, 0.15) is 0 Å². The molecule has 0 saturated carbocycles. The molecular formula is C2H8NNaO8P2. The van der Waals surface area contributed by atoms with Gasteiger partial charge in [-0.2, -0.15) is 4.31 Å². The molecule has 0 aliphatic rings. The van der Waals surface area contributed by atoms with Crippen LogP contribution < -0.4 is 5.73 Å². The third-order valence-corrected chi connectivity index (χ3v) is 2.70. The van der Waals surface area contributed by atoms with Gasteiger partial charge in [-0.15, -0.1) is 0 Å². The second kappa shape index (κ2) is 6.34. The quantitative estimate of drug-likeness (QED) is 0.332. The van der Waals surface area contributed by atoms with E-state index in [1.54, 1.807) is 0 Å². The van der Waals surface area contributed by atoms with Crippen LogP contribution in [-0.2, 0) is 22.8 Å². The Kier molecular flexibility index (Phi) is 7.76. The molecule has 0 aromatic heterocycles. The van der Waals surface area contributed by atoms with Crippen molar-refractivity contribution in [2.75, 3.05) is 6.54 Å². The third kappa shape index (κ3) is 9.29. The van der Waals surface area contributed by atoms with Crippen molar-refractivity contribution in [3.05, 3.63) is 0 Å². The predicted octanol–water partition coefficient (Wildman–Crippen LogP) is -1.95. The number of hydrogen-bond acceptors (Lipinski definition) is 6. The average Bonchev–Trinajstić information content (AvgIpc) is 1.80. The molecule has 0 rings (SSSR count). The standard InChI is InChI=1S/C2H7NO8P2.Na.H/c3-1-2(4)10-13(8,9)11-12(5,6)7;;/h1,3H2,(H,8,9)(H2,5,6,7);;. The molecule has 0 spiro atoms. The Morgan fingerprint density at radius 2 is 1.71 bits per heavy atom. The summed E-state index contributed by atoms with van der Waals surface area (Å²) >= 11 is 0. The topological polar surface area (TPSA) is 156 Å². The van der Waals surface area contributed by atoms with Gasteiger partial charge in [0.05, 0.1) is 6.54 Å². The van der Waals surface area contributed by atoms with Crippen LogP contribution in [-0.4, -0.2) is 56.8 Å². The number of rotatable bonds is 4. The first kappa shape index (κ1) is 17.1. The molecule has 12 heteroatoms. The zero-order chi connectivity index (χ0) is 10.7. The maximum atomic E-state index is 10.5. The van der Waals surface area contributed by atoms with Gasteiger partial charge in [-0.25, -0.2) is 9.13 Å². The van der Waals surface area contributed by atoms with Gasteiger partial charge in [-0.05, 0) is 0 Å². The molecule has 0 aromatic carbocycles. The van der Waals surface area contributed by atoms with E-state index in [2.05, 4.69) is 14.6 Å². The fourth-order valence-corrected chi connectivity index (χ4v) is 1.86. The van der Waals surface area contributed by atoms with Crippen LogP contribution in [0.3, 0.4) is 0 Å². The van der Waals surface area contributed by atoms with E-state index in [9.17, 15) is 13.9 Å². The predicted molar refractivity (Wildman–Crippen MR) is 45.2 cm³/mol. The van der Waals surface area contributed by atoms with Crippen LogP contribution in [0.5, 0.6) is 0 Å². The molecule has 1 atom stereocenters. The minimum atomic E-state index is -5.19. The van der Waals surface area contributed by atoms with Gasteiger partial charge in [-0.3, -0.25) is 9.69 Å². The number of carbonyl (C=O) groups excluding carboxylic acids is 1. The van der Waals surface area contributed by atoms with Gasteiger partial charge < -0.3 is 20.0 Å². The molecule has 0 heterocycles. The number of hydrogen-bond donors (Lipinski definition) is 4. The summed E-state index contributed by atoms with van der Waals surface area (Å²) in [4.78, 5) is 34.9. The molecule has 0 saturated heterocycles. The van der Waals surface area contributed by atoms with Gasteiger partial charge in [0, 0.05) is 0 Å². The van der Waals surface area contributed by atoms with Gasteiger partial charge in [0.25, 0.3) is 0 Å². The van der Waals surface area contributed by atoms with Crippen molar-refractivity contribution >= 4 is 51.2 Å². The fourth-order valence-electron chi connectivity index (χ4n) is 0.317. The molecule has 0 aliphatic heterocycles. The number of phosphoric ester groups is 1. The molecule has 1 unspecified atom stereocenters. The van der Waals surface area contributed by atoms with Crippen molar-refractivity contribution < 1.29 is 37.4 Å². The summed E-state index contributed by atoms with van der Waals surface area (Å²) in [6.45, 7) is -0.713. The van der Waals surface area contributed by atoms with E-state index >= 15 is 0 Å². The van der Waals surface area contributed by atoms with Crippen LogP contribution in [0.2, 0.25) is 0 Å². The van der Waals surface area contributed by atoms with Gasteiger partial charge >= 0.3 is 51.2 Å². The van der Waals surface area contributed by atoms with Crippen molar-refractivity contribution in [3.63, 3.8) is 0 Å². The first-order valence-corrected chi connectivity index (χ1v) is 5.71. The normalized spacial score (nSPS) is 15.1. The van der Waals surface area contributed by atoms with E-state index < -0.39 is 28.2 Å². The number of phosphoric acid groups is 2. The van der Waals surface area contributed by atoms with Crippen molar-refractivity contribution in [1.29, 1.82) is 0 Å². The third-order valence-electron chi connectivity index (χ3n) is 0.593. The fraction of sp³-hybridized carbons (Fsp3) is 0.500. The zero-order valence-electron chi connectivity index (χ0n) is 6.06. The molecule has 80 valence electrons. The Morgan fingerprint density at radius 1 is 1.29 bits per heavy atom. The summed E-state index contributed by atoms with van der Waals surface area (Å²) in [5, 5.41) is 0. The Balaban J connectivity index is 0. The second-order valence-electron chi connectivity index (χ2n) is 1.71. The van der Waals surface area contributed by atoms with E-state index in [-0.39, 0.29) is 29.6 Å². The first-order chi connectivity index (χ1) is 5.66. The molecule has 0 radical (unpaired) electrons. The van der Waals surface area contributed by atoms with Gasteiger partial charge in [-0.1, -0.05) is 0 Å². The molecular weight excluding hydrogens is 251 g/mol. The van der Waals surface area contributed by atoms with Gasteiger partial charge in [0.2, 0.25) is 0 Å². The number of nitrogens with two attached hydrogens (primary N) is 1.